The molecule has 0 amide bonds. The van der Waals surface area contributed by atoms with Gasteiger partial charge >= 0.3 is 5.97 Å². The molecule has 0 atom stereocenters. The van der Waals surface area contributed by atoms with E-state index in [1.807, 2.05) is 0 Å². The van der Waals surface area contributed by atoms with Crippen LogP contribution in [0.25, 0.3) is 0 Å². The number of aromatic nitrogens is 2. The van der Waals surface area contributed by atoms with E-state index in [1.54, 1.807) is 18.0 Å². The van der Waals surface area contributed by atoms with Gasteiger partial charge in [-0.1, -0.05) is 19.3 Å². The normalized spacial score (nSPS) is 16.8. The smallest absolute Gasteiger partial charge is 0.358 e. The predicted molar refractivity (Wildman–Crippen MR) is 66.1 cm³/mol. The molecule has 1 aliphatic rings. The van der Waals surface area contributed by atoms with Crippen molar-refractivity contribution in [3.05, 3.63) is 18.1 Å². The van der Waals surface area contributed by atoms with Crippen LogP contribution in [0.5, 0.6) is 0 Å². The van der Waals surface area contributed by atoms with Crippen LogP contribution in [0.1, 0.15) is 42.6 Å². The third-order valence-electron chi connectivity index (χ3n) is 2.85. The molecule has 0 aliphatic heterocycles. The fourth-order valence-electron chi connectivity index (χ4n) is 1.96. The first-order chi connectivity index (χ1) is 8.29. The Labute approximate surface area is 105 Å². The first-order valence-electron chi connectivity index (χ1n) is 5.86. The van der Waals surface area contributed by atoms with E-state index in [-0.39, 0.29) is 5.69 Å². The maximum absolute atomic E-state index is 11.3. The average molecular weight is 252 g/mol. The fourth-order valence-corrected chi connectivity index (χ4v) is 3.14. The highest BCUT2D eigenvalue weighted by atomic mass is 32.2. The van der Waals surface area contributed by atoms with Gasteiger partial charge in [0.2, 0.25) is 0 Å². The molecule has 5 heteroatoms. The van der Waals surface area contributed by atoms with Crippen LogP contribution < -0.4 is 0 Å². The zero-order valence-corrected chi connectivity index (χ0v) is 10.7. The summed E-state index contributed by atoms with van der Waals surface area (Å²) in [6.07, 6.45) is 9.54. The minimum atomic E-state index is -0.427. The summed E-state index contributed by atoms with van der Waals surface area (Å²) in [4.78, 5) is 19.6. The molecule has 17 heavy (non-hydrogen) atoms. The molecule has 1 aromatic rings. The number of esters is 1. The average Bonchev–Trinajstić information content (AvgIpc) is 2.39. The van der Waals surface area contributed by atoms with Crippen LogP contribution in [0.2, 0.25) is 0 Å². The van der Waals surface area contributed by atoms with Gasteiger partial charge in [0, 0.05) is 5.25 Å². The molecule has 0 radical (unpaired) electrons. The summed E-state index contributed by atoms with van der Waals surface area (Å²) in [5, 5.41) is 1.44. The van der Waals surface area contributed by atoms with E-state index in [9.17, 15) is 4.79 Å². The van der Waals surface area contributed by atoms with Crippen LogP contribution in [-0.2, 0) is 4.74 Å². The number of methoxy groups -OCH3 is 1. The third-order valence-corrected chi connectivity index (χ3v) is 4.09. The van der Waals surface area contributed by atoms with Crippen LogP contribution >= 0.6 is 11.8 Å². The van der Waals surface area contributed by atoms with Crippen molar-refractivity contribution < 1.29 is 9.53 Å². The van der Waals surface area contributed by atoms with Gasteiger partial charge in [-0.2, -0.15) is 0 Å². The second kappa shape index (κ2) is 6.00. The second-order valence-corrected chi connectivity index (χ2v) is 5.43. The molecule has 0 bridgehead atoms. The lowest BCUT2D eigenvalue weighted by atomic mass is 10.0. The first-order valence-corrected chi connectivity index (χ1v) is 6.74. The van der Waals surface area contributed by atoms with Crippen molar-refractivity contribution in [1.29, 1.82) is 0 Å². The van der Waals surface area contributed by atoms with Crippen molar-refractivity contribution in [2.24, 2.45) is 0 Å². The standard InChI is InChI=1S/C12H16N2O2S/c1-16-12(15)10-7-13-8-11(14-10)17-9-5-3-2-4-6-9/h7-9H,2-6H2,1H3. The number of carbonyl (C=O) groups is 1. The summed E-state index contributed by atoms with van der Waals surface area (Å²) in [5.41, 5.74) is 0.285. The number of hydrogen-bond acceptors (Lipinski definition) is 5. The van der Waals surface area contributed by atoms with Crippen molar-refractivity contribution in [2.45, 2.75) is 42.4 Å². The Bertz CT molecular complexity index is 392. The molecular formula is C12H16N2O2S. The van der Waals surface area contributed by atoms with E-state index >= 15 is 0 Å². The Morgan fingerprint density at radius 1 is 1.35 bits per heavy atom. The zero-order valence-electron chi connectivity index (χ0n) is 9.89. The third kappa shape index (κ3) is 3.43. The van der Waals surface area contributed by atoms with E-state index < -0.39 is 5.97 Å². The van der Waals surface area contributed by atoms with Crippen LogP contribution in [-0.4, -0.2) is 28.3 Å². The van der Waals surface area contributed by atoms with Crippen molar-refractivity contribution in [2.75, 3.05) is 7.11 Å². The highest BCUT2D eigenvalue weighted by Gasteiger charge is 2.16. The molecule has 4 nitrogen and oxygen atoms in total. The number of thioether (sulfide) groups is 1. The minimum Gasteiger partial charge on any atom is -0.464 e. The summed E-state index contributed by atoms with van der Waals surface area (Å²) >= 11 is 1.73. The molecule has 2 rings (SSSR count). The van der Waals surface area contributed by atoms with Crippen LogP contribution in [0.3, 0.4) is 0 Å². The predicted octanol–water partition coefficient (Wildman–Crippen LogP) is 2.69. The molecule has 0 N–H and O–H groups in total. The Morgan fingerprint density at radius 2 is 2.12 bits per heavy atom. The van der Waals surface area contributed by atoms with Crippen molar-refractivity contribution in [3.8, 4) is 0 Å². The first kappa shape index (κ1) is 12.4. The molecule has 0 unspecified atom stereocenters. The lowest BCUT2D eigenvalue weighted by Crippen LogP contribution is -2.10. The molecule has 1 heterocycles. The van der Waals surface area contributed by atoms with Gasteiger partial charge in [0.05, 0.1) is 19.5 Å². The summed E-state index contributed by atoms with van der Waals surface area (Å²) in [5.74, 6) is -0.427. The highest BCUT2D eigenvalue weighted by molar-refractivity contribution is 7.99. The molecule has 1 aliphatic carbocycles. The SMILES string of the molecule is COC(=O)c1cncc(SC2CCCCC2)n1. The van der Waals surface area contributed by atoms with Gasteiger partial charge in [0.25, 0.3) is 0 Å². The quantitative estimate of drug-likeness (QED) is 0.774. The van der Waals surface area contributed by atoms with Gasteiger partial charge in [-0.15, -0.1) is 11.8 Å². The van der Waals surface area contributed by atoms with Crippen molar-refractivity contribution in [3.63, 3.8) is 0 Å². The van der Waals surface area contributed by atoms with Crippen LogP contribution in [0.4, 0.5) is 0 Å². The maximum Gasteiger partial charge on any atom is 0.358 e. The second-order valence-electron chi connectivity index (χ2n) is 4.11. The monoisotopic (exact) mass is 252 g/mol. The molecule has 1 fully saturated rings. The van der Waals surface area contributed by atoms with Crippen molar-refractivity contribution in [1.82, 2.24) is 9.97 Å². The molecule has 0 aromatic carbocycles. The lowest BCUT2D eigenvalue weighted by Gasteiger charge is -2.20. The molecule has 92 valence electrons. The van der Waals surface area contributed by atoms with Crippen LogP contribution in [0, 0.1) is 0 Å². The Morgan fingerprint density at radius 3 is 2.82 bits per heavy atom. The Hall–Kier alpha value is -1.10. The Balaban J connectivity index is 2.02. The number of ether oxygens (including phenoxy) is 1. The summed E-state index contributed by atoms with van der Waals surface area (Å²) < 4.78 is 4.63. The molecule has 1 saturated carbocycles. The van der Waals surface area contributed by atoms with E-state index in [0.717, 1.165) is 5.03 Å². The van der Waals surface area contributed by atoms with Gasteiger partial charge < -0.3 is 4.74 Å². The molecular weight excluding hydrogens is 236 g/mol. The molecule has 0 spiro atoms. The van der Waals surface area contributed by atoms with E-state index in [2.05, 4.69) is 14.7 Å². The van der Waals surface area contributed by atoms with E-state index in [4.69, 9.17) is 0 Å². The van der Waals surface area contributed by atoms with Gasteiger partial charge in [-0.05, 0) is 12.8 Å². The number of nitrogens with zero attached hydrogens (tertiary/aromatic N) is 2. The van der Waals surface area contributed by atoms with E-state index in [1.165, 1.54) is 45.4 Å². The topological polar surface area (TPSA) is 52.1 Å². The Kier molecular flexibility index (Phi) is 4.36. The van der Waals surface area contributed by atoms with Crippen molar-refractivity contribution >= 4 is 17.7 Å². The molecule has 1 aromatic heterocycles. The summed E-state index contributed by atoms with van der Waals surface area (Å²) in [7, 11) is 1.35. The number of hydrogen-bond donors (Lipinski definition) is 0. The van der Waals surface area contributed by atoms with Gasteiger partial charge in [0.15, 0.2) is 5.69 Å². The molecule has 0 saturated heterocycles. The maximum atomic E-state index is 11.3. The highest BCUT2D eigenvalue weighted by Crippen LogP contribution is 2.32. The number of carbonyl (C=O) groups excluding carboxylic acids is 1. The largest absolute Gasteiger partial charge is 0.464 e. The van der Waals surface area contributed by atoms with Gasteiger partial charge in [-0.3, -0.25) is 4.98 Å². The van der Waals surface area contributed by atoms with Gasteiger partial charge in [-0.25, -0.2) is 9.78 Å². The van der Waals surface area contributed by atoms with E-state index in [0.29, 0.717) is 5.25 Å². The zero-order chi connectivity index (χ0) is 12.1. The van der Waals surface area contributed by atoms with Crippen LogP contribution in [0.15, 0.2) is 17.4 Å². The van der Waals surface area contributed by atoms with Gasteiger partial charge in [0.1, 0.15) is 5.03 Å². The minimum absolute atomic E-state index is 0.285. The summed E-state index contributed by atoms with van der Waals surface area (Å²) in [6, 6.07) is 0. The fraction of sp³-hybridized carbons (Fsp3) is 0.583. The summed E-state index contributed by atoms with van der Waals surface area (Å²) in [6.45, 7) is 0. The number of rotatable bonds is 3. The lowest BCUT2D eigenvalue weighted by molar-refractivity contribution is 0.0592.